The molecule has 6 nitrogen and oxygen atoms in total. The van der Waals surface area contributed by atoms with E-state index >= 15 is 0 Å². The summed E-state index contributed by atoms with van der Waals surface area (Å²) in [5.41, 5.74) is 2.14. The third-order valence-corrected chi connectivity index (χ3v) is 13.4. The van der Waals surface area contributed by atoms with Crippen LogP contribution in [0.3, 0.4) is 0 Å². The zero-order valence-electron chi connectivity index (χ0n) is 25.3. The summed E-state index contributed by atoms with van der Waals surface area (Å²) in [6, 6.07) is 16.2. The predicted molar refractivity (Wildman–Crippen MR) is 177 cm³/mol. The van der Waals surface area contributed by atoms with E-state index in [4.69, 9.17) is 26.4 Å². The van der Waals surface area contributed by atoms with E-state index in [2.05, 4.69) is 20.4 Å². The molecule has 2 heterocycles. The molecule has 1 saturated heterocycles. The van der Waals surface area contributed by atoms with Crippen LogP contribution in [0, 0.1) is 22.7 Å². The van der Waals surface area contributed by atoms with Crippen molar-refractivity contribution in [3.63, 3.8) is 0 Å². The van der Waals surface area contributed by atoms with Crippen LogP contribution in [0.15, 0.2) is 77.8 Å². The van der Waals surface area contributed by atoms with E-state index < -0.39 is 16.1 Å². The topological polar surface area (TPSA) is 66.8 Å². The maximum atomic E-state index is 14.1. The van der Waals surface area contributed by atoms with Gasteiger partial charge in [-0.2, -0.15) is 0 Å². The van der Waals surface area contributed by atoms with Gasteiger partial charge in [0, 0.05) is 41.5 Å². The van der Waals surface area contributed by atoms with Gasteiger partial charge in [-0.15, -0.1) is 0 Å². The van der Waals surface area contributed by atoms with E-state index in [0.29, 0.717) is 22.4 Å². The number of fused-ring (bicyclic) bond motifs is 1. The molecule has 9 heteroatoms. The number of thiocarbonyl (C=S) groups is 1. The Kier molecular flexibility index (Phi) is 8.35. The highest BCUT2D eigenvalue weighted by molar-refractivity contribution is 8.22. The molecular weight excluding hydrogens is 599 g/mol. The lowest BCUT2D eigenvalue weighted by atomic mass is 9.41. The van der Waals surface area contributed by atoms with Gasteiger partial charge in [-0.25, -0.2) is 12.4 Å². The summed E-state index contributed by atoms with van der Waals surface area (Å²) in [5, 5.41) is 0.827. The highest BCUT2D eigenvalue weighted by Gasteiger charge is 2.69. The number of ether oxygens (including phenoxy) is 3. The van der Waals surface area contributed by atoms with Crippen molar-refractivity contribution in [2.24, 2.45) is 22.7 Å². The lowest BCUT2D eigenvalue weighted by Crippen LogP contribution is -2.60. The largest absolute Gasteiger partial charge is 0.470 e. The lowest BCUT2D eigenvalue weighted by Gasteiger charge is -2.63. The monoisotopic (exact) mass is 639 g/mol. The van der Waals surface area contributed by atoms with Gasteiger partial charge in [-0.05, 0) is 80.6 Å². The zero-order chi connectivity index (χ0) is 30.6. The number of nitrogens with zero attached hydrogens (tertiary/aromatic N) is 1. The standard InChI is InChI=1S/C34H41NO5S3/c1-6-38-29-20-34-28(39-29)17-16-23(3)33(34,4)19-18-22(2)30(34)31(40-32(41)42-5)26-21-35(27-15-11-10-14-25(26)27)43(36,37)24-12-8-7-9-13-24/h7-15,21,23,28-31H,2,6,16-20H2,1,3-5H3/t23-,28+,29-,30+,31+,33+,34+/m1/s1. The molecular formula is C34H41NO5S3. The maximum absolute atomic E-state index is 14.1. The Labute approximate surface area is 265 Å². The Morgan fingerprint density at radius 1 is 1.19 bits per heavy atom. The van der Waals surface area contributed by atoms with Crippen molar-refractivity contribution in [3.8, 4) is 0 Å². The molecule has 0 N–H and O–H groups in total. The summed E-state index contributed by atoms with van der Waals surface area (Å²) in [5.74, 6) is 0.310. The van der Waals surface area contributed by atoms with Gasteiger partial charge in [0.1, 0.15) is 6.10 Å². The molecule has 1 aromatic heterocycles. The minimum absolute atomic E-state index is 0.0253. The third kappa shape index (κ3) is 4.81. The molecule has 3 aliphatic rings. The number of aromatic nitrogens is 1. The molecule has 3 fully saturated rings. The molecule has 230 valence electrons. The van der Waals surface area contributed by atoms with Crippen molar-refractivity contribution in [2.75, 3.05) is 12.9 Å². The van der Waals surface area contributed by atoms with Gasteiger partial charge < -0.3 is 14.2 Å². The Morgan fingerprint density at radius 2 is 1.91 bits per heavy atom. The van der Waals surface area contributed by atoms with Crippen molar-refractivity contribution in [2.45, 2.75) is 76.3 Å². The Balaban J connectivity index is 1.59. The van der Waals surface area contributed by atoms with Gasteiger partial charge in [-0.1, -0.05) is 74.2 Å². The summed E-state index contributed by atoms with van der Waals surface area (Å²) >= 11 is 7.12. The van der Waals surface area contributed by atoms with E-state index in [0.717, 1.165) is 48.6 Å². The van der Waals surface area contributed by atoms with Crippen LogP contribution >= 0.6 is 24.0 Å². The molecule has 0 unspecified atom stereocenters. The van der Waals surface area contributed by atoms with E-state index in [9.17, 15) is 8.42 Å². The van der Waals surface area contributed by atoms with Crippen LogP contribution in [-0.4, -0.2) is 42.0 Å². The van der Waals surface area contributed by atoms with E-state index in [1.54, 1.807) is 30.5 Å². The van der Waals surface area contributed by atoms with Gasteiger partial charge in [0.25, 0.3) is 10.0 Å². The molecule has 2 saturated carbocycles. The first-order chi connectivity index (χ1) is 20.6. The van der Waals surface area contributed by atoms with Crippen LogP contribution in [-0.2, 0) is 24.2 Å². The number of thioether (sulfide) groups is 1. The van der Waals surface area contributed by atoms with Crippen molar-refractivity contribution >= 4 is 49.3 Å². The number of para-hydroxylation sites is 1. The van der Waals surface area contributed by atoms with Gasteiger partial charge in [0.05, 0.1) is 16.5 Å². The third-order valence-electron chi connectivity index (χ3n) is 10.7. The first-order valence-corrected chi connectivity index (χ1v) is 18.3. The van der Waals surface area contributed by atoms with Crippen LogP contribution < -0.4 is 0 Å². The summed E-state index contributed by atoms with van der Waals surface area (Å²) < 4.78 is 49.6. The molecule has 0 radical (unpaired) electrons. The number of rotatable bonds is 7. The highest BCUT2D eigenvalue weighted by Crippen LogP contribution is 2.71. The molecule has 0 bridgehead atoms. The zero-order valence-corrected chi connectivity index (χ0v) is 27.8. The van der Waals surface area contributed by atoms with Crippen molar-refractivity contribution in [1.82, 2.24) is 3.97 Å². The van der Waals surface area contributed by atoms with Crippen LogP contribution in [0.4, 0.5) is 0 Å². The van der Waals surface area contributed by atoms with E-state index in [1.807, 2.05) is 43.5 Å². The summed E-state index contributed by atoms with van der Waals surface area (Å²) in [7, 11) is -3.88. The van der Waals surface area contributed by atoms with E-state index in [1.165, 1.54) is 15.7 Å². The fourth-order valence-corrected chi connectivity index (χ4v) is 10.2. The molecule has 2 aliphatic carbocycles. The Hall–Kier alpha value is -2.17. The molecule has 2 aromatic carbocycles. The van der Waals surface area contributed by atoms with Crippen LogP contribution in [0.1, 0.15) is 64.5 Å². The summed E-state index contributed by atoms with van der Waals surface area (Å²) in [6.07, 6.45) is 7.44. The van der Waals surface area contributed by atoms with Crippen LogP contribution in [0.2, 0.25) is 0 Å². The molecule has 3 aromatic rings. The van der Waals surface area contributed by atoms with Gasteiger partial charge in [-0.3, -0.25) is 0 Å². The second-order valence-corrected chi connectivity index (χ2v) is 15.7. The van der Waals surface area contributed by atoms with Gasteiger partial charge in [0.2, 0.25) is 4.38 Å². The average molecular weight is 640 g/mol. The van der Waals surface area contributed by atoms with Crippen molar-refractivity contribution < 1.29 is 22.6 Å². The molecule has 6 rings (SSSR count). The van der Waals surface area contributed by atoms with Crippen molar-refractivity contribution in [1.29, 1.82) is 0 Å². The lowest BCUT2D eigenvalue weighted by molar-refractivity contribution is -0.179. The molecule has 0 amide bonds. The normalized spacial score (nSPS) is 31.4. The van der Waals surface area contributed by atoms with E-state index in [-0.39, 0.29) is 34.0 Å². The minimum Gasteiger partial charge on any atom is -0.470 e. The number of hydrogen-bond acceptors (Lipinski definition) is 7. The molecule has 1 aliphatic heterocycles. The number of benzene rings is 2. The summed E-state index contributed by atoms with van der Waals surface area (Å²) in [6.45, 7) is 12.1. The average Bonchev–Trinajstić information content (AvgIpc) is 3.58. The van der Waals surface area contributed by atoms with Gasteiger partial charge >= 0.3 is 0 Å². The van der Waals surface area contributed by atoms with Crippen molar-refractivity contribution in [3.05, 3.63) is 78.5 Å². The highest BCUT2D eigenvalue weighted by atomic mass is 32.2. The summed E-state index contributed by atoms with van der Waals surface area (Å²) in [4.78, 5) is 0.234. The molecule has 43 heavy (non-hydrogen) atoms. The maximum Gasteiger partial charge on any atom is 0.268 e. The minimum atomic E-state index is -3.88. The number of hydrogen-bond donors (Lipinski definition) is 0. The van der Waals surface area contributed by atoms with Crippen LogP contribution in [0.25, 0.3) is 10.9 Å². The SMILES string of the molecule is C=C1CC[C@@]2(C)[C@H](C)CC[C@@H]3O[C@@H](OCC)C[C@@]32[C@@H]1[C@@H](OC(=S)SC)c1cn(S(=O)(=O)c2ccccc2)c2ccccc12. The molecule has 1 spiro atoms. The van der Waals surface area contributed by atoms with Crippen LogP contribution in [0.5, 0.6) is 0 Å². The first kappa shape index (κ1) is 30.8. The quantitative estimate of drug-likeness (QED) is 0.191. The fourth-order valence-electron chi connectivity index (χ4n) is 8.50. The second-order valence-electron chi connectivity index (χ2n) is 12.5. The Morgan fingerprint density at radius 3 is 2.63 bits per heavy atom. The second kappa shape index (κ2) is 11.6. The fraction of sp³-hybridized carbons (Fsp3) is 0.500. The molecule has 7 atom stereocenters. The smallest absolute Gasteiger partial charge is 0.268 e. The van der Waals surface area contributed by atoms with Gasteiger partial charge in [0.15, 0.2) is 6.29 Å². The Bertz CT molecular complexity index is 1640. The predicted octanol–water partition coefficient (Wildman–Crippen LogP) is 8.12. The first-order valence-electron chi connectivity index (χ1n) is 15.2.